The van der Waals surface area contributed by atoms with Gasteiger partial charge in [0.05, 0.1) is 5.69 Å². The third-order valence-corrected chi connectivity index (χ3v) is 2.87. The maximum atomic E-state index is 11.6. The number of hydrogen-bond acceptors (Lipinski definition) is 6. The smallest absolute Gasteiger partial charge is 0.263 e. The molecule has 2 aromatic heterocycles. The highest BCUT2D eigenvalue weighted by atomic mass is 32.1. The van der Waals surface area contributed by atoms with Gasteiger partial charge in [-0.2, -0.15) is 4.98 Å². The van der Waals surface area contributed by atoms with Crippen molar-refractivity contribution in [3.8, 4) is 0 Å². The summed E-state index contributed by atoms with van der Waals surface area (Å²) in [4.78, 5) is 16.0. The predicted molar refractivity (Wildman–Crippen MR) is 59.1 cm³/mol. The van der Waals surface area contributed by atoms with E-state index in [1.807, 2.05) is 0 Å². The Morgan fingerprint density at radius 2 is 2.50 bits per heavy atom. The van der Waals surface area contributed by atoms with Crippen LogP contribution in [-0.4, -0.2) is 22.6 Å². The molecule has 6 nitrogen and oxygen atoms in total. The lowest BCUT2D eigenvalue weighted by Gasteiger charge is -2.01. The first kappa shape index (κ1) is 10.6. The van der Waals surface area contributed by atoms with Gasteiger partial charge in [0.15, 0.2) is 5.82 Å². The highest BCUT2D eigenvalue weighted by molar-refractivity contribution is 7.12. The molecule has 0 aromatic carbocycles. The van der Waals surface area contributed by atoms with Crippen LogP contribution in [0.5, 0.6) is 0 Å². The van der Waals surface area contributed by atoms with Gasteiger partial charge in [-0.1, -0.05) is 5.16 Å². The minimum atomic E-state index is -0.170. The van der Waals surface area contributed by atoms with Gasteiger partial charge in [0.1, 0.15) is 4.88 Å². The van der Waals surface area contributed by atoms with Crippen molar-refractivity contribution < 1.29 is 9.32 Å². The molecule has 0 spiro atoms. The van der Waals surface area contributed by atoms with E-state index in [4.69, 9.17) is 5.73 Å². The van der Waals surface area contributed by atoms with Crippen molar-refractivity contribution in [3.05, 3.63) is 28.5 Å². The lowest BCUT2D eigenvalue weighted by atomic mass is 10.3. The van der Waals surface area contributed by atoms with Crippen LogP contribution in [-0.2, 0) is 6.42 Å². The van der Waals surface area contributed by atoms with Crippen LogP contribution in [0, 0.1) is 0 Å². The quantitative estimate of drug-likeness (QED) is 0.817. The van der Waals surface area contributed by atoms with Gasteiger partial charge in [0, 0.05) is 13.0 Å². The van der Waals surface area contributed by atoms with Gasteiger partial charge in [-0.3, -0.25) is 4.79 Å². The van der Waals surface area contributed by atoms with E-state index in [1.165, 1.54) is 17.7 Å². The summed E-state index contributed by atoms with van der Waals surface area (Å²) >= 11 is 1.32. The van der Waals surface area contributed by atoms with Gasteiger partial charge in [-0.05, 0) is 11.4 Å². The Morgan fingerprint density at radius 1 is 1.62 bits per heavy atom. The molecule has 0 atom stereocenters. The van der Waals surface area contributed by atoms with Crippen LogP contribution in [0.2, 0.25) is 0 Å². The van der Waals surface area contributed by atoms with Gasteiger partial charge in [-0.25, -0.2) is 0 Å². The first-order valence-corrected chi connectivity index (χ1v) is 5.52. The van der Waals surface area contributed by atoms with E-state index in [0.29, 0.717) is 29.4 Å². The summed E-state index contributed by atoms with van der Waals surface area (Å²) in [6.45, 7) is 0.454. The van der Waals surface area contributed by atoms with Crippen molar-refractivity contribution in [2.75, 3.05) is 12.3 Å². The molecule has 0 bridgehead atoms. The van der Waals surface area contributed by atoms with E-state index in [9.17, 15) is 4.79 Å². The molecule has 1 amide bonds. The molecule has 0 radical (unpaired) electrons. The second-order valence-electron chi connectivity index (χ2n) is 3.06. The van der Waals surface area contributed by atoms with Crippen LogP contribution in [0.25, 0.3) is 0 Å². The maximum absolute atomic E-state index is 11.6. The third kappa shape index (κ3) is 2.37. The van der Waals surface area contributed by atoms with Gasteiger partial charge in [0.2, 0.25) is 6.39 Å². The molecule has 3 N–H and O–H groups in total. The Bertz CT molecular complexity index is 466. The van der Waals surface area contributed by atoms with Crippen LogP contribution in [0.15, 0.2) is 22.4 Å². The molecule has 0 saturated carbocycles. The third-order valence-electron chi connectivity index (χ3n) is 1.94. The number of carbonyl (C=O) groups is 1. The lowest BCUT2D eigenvalue weighted by Crippen LogP contribution is -2.25. The van der Waals surface area contributed by atoms with E-state index in [-0.39, 0.29) is 5.91 Å². The van der Waals surface area contributed by atoms with Crippen molar-refractivity contribution in [2.24, 2.45) is 0 Å². The first-order chi connectivity index (χ1) is 7.77. The topological polar surface area (TPSA) is 94.0 Å². The Morgan fingerprint density at radius 3 is 3.12 bits per heavy atom. The number of carbonyl (C=O) groups excluding carboxylic acids is 1. The molecular formula is C9H10N4O2S. The van der Waals surface area contributed by atoms with Crippen LogP contribution in [0.4, 0.5) is 5.69 Å². The van der Waals surface area contributed by atoms with Gasteiger partial charge < -0.3 is 15.6 Å². The number of anilines is 1. The van der Waals surface area contributed by atoms with Crippen molar-refractivity contribution in [3.63, 3.8) is 0 Å². The van der Waals surface area contributed by atoms with E-state index in [0.717, 1.165) is 0 Å². The zero-order chi connectivity index (χ0) is 11.4. The zero-order valence-corrected chi connectivity index (χ0v) is 9.16. The van der Waals surface area contributed by atoms with E-state index >= 15 is 0 Å². The molecule has 2 aromatic rings. The summed E-state index contributed by atoms with van der Waals surface area (Å²) < 4.78 is 4.57. The van der Waals surface area contributed by atoms with Gasteiger partial charge in [0.25, 0.3) is 5.91 Å². The highest BCUT2D eigenvalue weighted by Crippen LogP contribution is 2.18. The SMILES string of the molecule is Nc1ccsc1C(=O)NCCc1ncon1. The minimum absolute atomic E-state index is 0.170. The number of amides is 1. The Kier molecular flexibility index (Phi) is 3.16. The molecular weight excluding hydrogens is 228 g/mol. The fourth-order valence-electron chi connectivity index (χ4n) is 1.17. The minimum Gasteiger partial charge on any atom is -0.397 e. The number of nitrogen functional groups attached to an aromatic ring is 1. The number of rotatable bonds is 4. The predicted octanol–water partition coefficient (Wildman–Crippen LogP) is 0.686. The number of nitrogens with zero attached hydrogens (tertiary/aromatic N) is 2. The van der Waals surface area contributed by atoms with Crippen LogP contribution >= 0.6 is 11.3 Å². The molecule has 0 aliphatic heterocycles. The van der Waals surface area contributed by atoms with Crippen molar-refractivity contribution >= 4 is 22.9 Å². The summed E-state index contributed by atoms with van der Waals surface area (Å²) in [6.07, 6.45) is 1.79. The molecule has 7 heteroatoms. The molecule has 2 heterocycles. The molecule has 0 saturated heterocycles. The van der Waals surface area contributed by atoms with E-state index < -0.39 is 0 Å². The number of nitrogens with two attached hydrogens (primary N) is 1. The van der Waals surface area contributed by atoms with E-state index in [2.05, 4.69) is 20.0 Å². The van der Waals surface area contributed by atoms with Crippen molar-refractivity contribution in [1.29, 1.82) is 0 Å². The molecule has 0 aliphatic rings. The van der Waals surface area contributed by atoms with Gasteiger partial charge >= 0.3 is 0 Å². The molecule has 84 valence electrons. The first-order valence-electron chi connectivity index (χ1n) is 4.64. The lowest BCUT2D eigenvalue weighted by molar-refractivity contribution is 0.0959. The fourth-order valence-corrected chi connectivity index (χ4v) is 1.91. The summed E-state index contributed by atoms with van der Waals surface area (Å²) in [7, 11) is 0. The molecule has 0 fully saturated rings. The zero-order valence-electron chi connectivity index (χ0n) is 8.34. The Labute approximate surface area is 95.5 Å². The summed E-state index contributed by atoms with van der Waals surface area (Å²) in [6, 6.07) is 1.71. The molecule has 16 heavy (non-hydrogen) atoms. The van der Waals surface area contributed by atoms with Crippen LogP contribution < -0.4 is 11.1 Å². The summed E-state index contributed by atoms with van der Waals surface area (Å²) in [5.41, 5.74) is 6.12. The second kappa shape index (κ2) is 4.75. The monoisotopic (exact) mass is 238 g/mol. The standard InChI is InChI=1S/C9H10N4O2S/c10-6-2-4-16-8(6)9(14)11-3-1-7-12-5-15-13-7/h2,4-5H,1,3,10H2,(H,11,14). The molecule has 2 rings (SSSR count). The maximum Gasteiger partial charge on any atom is 0.263 e. The summed E-state index contributed by atoms with van der Waals surface area (Å²) in [5, 5.41) is 8.15. The average molecular weight is 238 g/mol. The second-order valence-corrected chi connectivity index (χ2v) is 3.97. The number of nitrogens with one attached hydrogen (secondary N) is 1. The Balaban J connectivity index is 1.83. The highest BCUT2D eigenvalue weighted by Gasteiger charge is 2.10. The fraction of sp³-hybridized carbons (Fsp3) is 0.222. The van der Waals surface area contributed by atoms with Gasteiger partial charge in [-0.15, -0.1) is 11.3 Å². The van der Waals surface area contributed by atoms with Crippen molar-refractivity contribution in [2.45, 2.75) is 6.42 Å². The van der Waals surface area contributed by atoms with E-state index in [1.54, 1.807) is 11.4 Å². The number of hydrogen-bond donors (Lipinski definition) is 2. The van der Waals surface area contributed by atoms with Crippen LogP contribution in [0.3, 0.4) is 0 Å². The Hall–Kier alpha value is -1.89. The molecule has 0 aliphatic carbocycles. The summed E-state index contributed by atoms with van der Waals surface area (Å²) in [5.74, 6) is 0.399. The molecule has 0 unspecified atom stereocenters. The number of thiophene rings is 1. The van der Waals surface area contributed by atoms with Crippen LogP contribution in [0.1, 0.15) is 15.5 Å². The average Bonchev–Trinajstić information content (AvgIpc) is 2.88. The number of aromatic nitrogens is 2. The van der Waals surface area contributed by atoms with Crippen molar-refractivity contribution in [1.82, 2.24) is 15.5 Å². The largest absolute Gasteiger partial charge is 0.397 e. The normalized spacial score (nSPS) is 10.2.